The minimum atomic E-state index is -3.10. The second-order valence-electron chi connectivity index (χ2n) is 8.90. The van der Waals surface area contributed by atoms with Gasteiger partial charge in [0.05, 0.1) is 16.6 Å². The highest BCUT2D eigenvalue weighted by molar-refractivity contribution is 7.92. The van der Waals surface area contributed by atoms with Gasteiger partial charge in [-0.1, -0.05) is 6.92 Å². The monoisotopic (exact) mass is 484 g/mol. The van der Waals surface area contributed by atoms with E-state index in [1.165, 1.54) is 6.33 Å². The van der Waals surface area contributed by atoms with Crippen LogP contribution in [0.1, 0.15) is 32.5 Å². The summed E-state index contributed by atoms with van der Waals surface area (Å²) in [4.78, 5) is 37.2. The summed E-state index contributed by atoms with van der Waals surface area (Å²) in [7, 11) is -3.10. The van der Waals surface area contributed by atoms with E-state index in [2.05, 4.69) is 25.3 Å². The average molecular weight is 485 g/mol. The molecule has 5 heterocycles. The molecule has 1 unspecified atom stereocenters. The number of hydrogen-bond donors (Lipinski definition) is 1. The number of aryl methyl sites for hydroxylation is 2. The SMILES string of the molecule is CCC(Nc1ncnc2c1nc(-c1cnc(C)nc1)n2CC)C(=O)N1C[C@H]2CCS(=O)(=O)[C@H]2C1. The molecule has 0 saturated carbocycles. The van der Waals surface area contributed by atoms with Crippen LogP contribution in [0, 0.1) is 12.8 Å². The molecule has 3 atom stereocenters. The van der Waals surface area contributed by atoms with Gasteiger partial charge in [-0.2, -0.15) is 0 Å². The lowest BCUT2D eigenvalue weighted by atomic mass is 10.1. The Morgan fingerprint density at radius 2 is 1.94 bits per heavy atom. The lowest BCUT2D eigenvalue weighted by Gasteiger charge is -2.24. The number of fused-ring (bicyclic) bond motifs is 2. The number of carbonyl (C=O) groups is 1. The molecule has 2 saturated heterocycles. The van der Waals surface area contributed by atoms with Crippen LogP contribution in [0.5, 0.6) is 0 Å². The van der Waals surface area contributed by atoms with E-state index in [1.54, 1.807) is 17.3 Å². The Morgan fingerprint density at radius 1 is 1.18 bits per heavy atom. The summed E-state index contributed by atoms with van der Waals surface area (Å²) in [6.07, 6.45) is 6.07. The van der Waals surface area contributed by atoms with Crippen molar-refractivity contribution in [3.8, 4) is 11.4 Å². The molecule has 1 amide bonds. The Balaban J connectivity index is 1.43. The summed E-state index contributed by atoms with van der Waals surface area (Å²) in [5, 5.41) is 2.83. The summed E-state index contributed by atoms with van der Waals surface area (Å²) < 4.78 is 26.6. The number of aromatic nitrogens is 6. The highest BCUT2D eigenvalue weighted by Crippen LogP contribution is 2.34. The molecule has 2 aliphatic rings. The first-order chi connectivity index (χ1) is 16.3. The van der Waals surface area contributed by atoms with E-state index >= 15 is 0 Å². The topological polar surface area (TPSA) is 136 Å². The predicted octanol–water partition coefficient (Wildman–Crippen LogP) is 1.45. The molecular formula is C22H28N8O3S. The molecule has 5 rings (SSSR count). The fourth-order valence-corrected chi connectivity index (χ4v) is 7.12. The van der Waals surface area contributed by atoms with E-state index in [1.807, 2.05) is 25.3 Å². The van der Waals surface area contributed by atoms with Crippen molar-refractivity contribution < 1.29 is 13.2 Å². The molecule has 11 nitrogen and oxygen atoms in total. The third kappa shape index (κ3) is 3.79. The molecule has 0 spiro atoms. The molecule has 180 valence electrons. The summed E-state index contributed by atoms with van der Waals surface area (Å²) in [5.41, 5.74) is 1.98. The maximum absolute atomic E-state index is 13.3. The highest BCUT2D eigenvalue weighted by atomic mass is 32.2. The largest absolute Gasteiger partial charge is 0.356 e. The Kier molecular flexibility index (Phi) is 5.70. The van der Waals surface area contributed by atoms with Crippen LogP contribution in [0.15, 0.2) is 18.7 Å². The highest BCUT2D eigenvalue weighted by Gasteiger charge is 2.48. The Labute approximate surface area is 198 Å². The number of anilines is 1. The molecular weight excluding hydrogens is 456 g/mol. The first-order valence-electron chi connectivity index (χ1n) is 11.6. The third-order valence-corrected chi connectivity index (χ3v) is 9.09. The Bertz CT molecular complexity index is 1340. The average Bonchev–Trinajstić information content (AvgIpc) is 3.50. The van der Waals surface area contributed by atoms with Gasteiger partial charge in [-0.3, -0.25) is 4.79 Å². The van der Waals surface area contributed by atoms with E-state index in [9.17, 15) is 13.2 Å². The van der Waals surface area contributed by atoms with E-state index in [4.69, 9.17) is 4.98 Å². The number of nitrogens with one attached hydrogen (secondary N) is 1. The molecule has 1 N–H and O–H groups in total. The van der Waals surface area contributed by atoms with Crippen molar-refractivity contribution in [3.05, 3.63) is 24.5 Å². The molecule has 12 heteroatoms. The van der Waals surface area contributed by atoms with Gasteiger partial charge in [0.1, 0.15) is 24.0 Å². The molecule has 3 aromatic heterocycles. The number of nitrogens with zero attached hydrogens (tertiary/aromatic N) is 7. The Morgan fingerprint density at radius 3 is 2.62 bits per heavy atom. The number of hydrogen-bond acceptors (Lipinski definition) is 9. The van der Waals surface area contributed by atoms with Crippen LogP contribution < -0.4 is 5.32 Å². The van der Waals surface area contributed by atoms with Gasteiger partial charge >= 0.3 is 0 Å². The maximum atomic E-state index is 13.3. The predicted molar refractivity (Wildman–Crippen MR) is 127 cm³/mol. The van der Waals surface area contributed by atoms with Crippen molar-refractivity contribution in [2.24, 2.45) is 5.92 Å². The van der Waals surface area contributed by atoms with Crippen LogP contribution in [-0.2, 0) is 21.2 Å². The lowest BCUT2D eigenvalue weighted by molar-refractivity contribution is -0.131. The molecule has 0 aromatic carbocycles. The van der Waals surface area contributed by atoms with Crippen LogP contribution in [0.4, 0.5) is 5.82 Å². The van der Waals surface area contributed by atoms with Crippen molar-refractivity contribution in [1.29, 1.82) is 0 Å². The normalized spacial score (nSPS) is 22.1. The van der Waals surface area contributed by atoms with Gasteiger partial charge < -0.3 is 14.8 Å². The zero-order valence-electron chi connectivity index (χ0n) is 19.5. The summed E-state index contributed by atoms with van der Waals surface area (Å²) in [6, 6.07) is -0.544. The fraction of sp³-hybridized carbons (Fsp3) is 0.545. The minimum Gasteiger partial charge on any atom is -0.356 e. The van der Waals surface area contributed by atoms with Crippen LogP contribution >= 0.6 is 0 Å². The number of carbonyl (C=O) groups excluding carboxylic acids is 1. The van der Waals surface area contributed by atoms with Crippen LogP contribution in [-0.4, -0.2) is 78.8 Å². The van der Waals surface area contributed by atoms with Crippen LogP contribution in [0.3, 0.4) is 0 Å². The number of likely N-dealkylation sites (tertiary alicyclic amines) is 1. The molecule has 2 fully saturated rings. The number of sulfone groups is 1. The van der Waals surface area contributed by atoms with Crippen molar-refractivity contribution in [2.45, 2.75) is 51.4 Å². The number of imidazole rings is 1. The maximum Gasteiger partial charge on any atom is 0.245 e. The van der Waals surface area contributed by atoms with Gasteiger partial charge in [0.2, 0.25) is 5.91 Å². The van der Waals surface area contributed by atoms with Gasteiger partial charge in [-0.25, -0.2) is 33.3 Å². The number of amides is 1. The van der Waals surface area contributed by atoms with E-state index in [0.717, 1.165) is 5.56 Å². The quantitative estimate of drug-likeness (QED) is 0.551. The summed E-state index contributed by atoms with van der Waals surface area (Å²) in [5.74, 6) is 1.98. The van der Waals surface area contributed by atoms with Crippen molar-refractivity contribution in [3.63, 3.8) is 0 Å². The van der Waals surface area contributed by atoms with Gasteiger partial charge in [0, 0.05) is 32.0 Å². The van der Waals surface area contributed by atoms with E-state index < -0.39 is 21.1 Å². The zero-order valence-corrected chi connectivity index (χ0v) is 20.3. The second kappa shape index (κ2) is 8.57. The molecule has 34 heavy (non-hydrogen) atoms. The van der Waals surface area contributed by atoms with Crippen molar-refractivity contribution >= 4 is 32.7 Å². The molecule has 0 radical (unpaired) electrons. The molecule has 0 aliphatic carbocycles. The van der Waals surface area contributed by atoms with Crippen LogP contribution in [0.2, 0.25) is 0 Å². The molecule has 2 aliphatic heterocycles. The minimum absolute atomic E-state index is 0.0387. The number of rotatable bonds is 6. The first kappa shape index (κ1) is 22.6. The Hall–Kier alpha value is -3.15. The fourth-order valence-electron chi connectivity index (χ4n) is 4.97. The van der Waals surface area contributed by atoms with Crippen molar-refractivity contribution in [1.82, 2.24) is 34.4 Å². The van der Waals surface area contributed by atoms with Crippen LogP contribution in [0.25, 0.3) is 22.6 Å². The molecule has 3 aromatic rings. The van der Waals surface area contributed by atoms with Gasteiger partial charge in [0.25, 0.3) is 0 Å². The lowest BCUT2D eigenvalue weighted by Crippen LogP contribution is -2.42. The van der Waals surface area contributed by atoms with Gasteiger partial charge in [-0.15, -0.1) is 0 Å². The van der Waals surface area contributed by atoms with E-state index in [0.29, 0.717) is 54.6 Å². The zero-order chi connectivity index (χ0) is 24.0. The smallest absolute Gasteiger partial charge is 0.245 e. The van der Waals surface area contributed by atoms with Crippen molar-refractivity contribution in [2.75, 3.05) is 24.2 Å². The van der Waals surface area contributed by atoms with Gasteiger partial charge in [0.15, 0.2) is 26.8 Å². The summed E-state index contributed by atoms with van der Waals surface area (Å²) >= 11 is 0. The first-order valence-corrected chi connectivity index (χ1v) is 13.3. The summed E-state index contributed by atoms with van der Waals surface area (Å²) in [6.45, 7) is 7.14. The third-order valence-electron chi connectivity index (χ3n) is 6.83. The standard InChI is InChI=1S/C22H28N8O3S/c1-4-16(22(31)29-10-14-6-7-34(32,33)17(14)11-29)27-19-18-21(26-12-25-19)30(5-2)20(28-18)15-8-23-13(3)24-9-15/h8-9,12,14,16-17H,4-7,10-11H2,1-3H3,(H,25,26,27)/t14-,16?,17+/m1/s1. The molecule has 0 bridgehead atoms. The second-order valence-corrected chi connectivity index (χ2v) is 11.2. The van der Waals surface area contributed by atoms with E-state index in [-0.39, 0.29) is 24.1 Å². The van der Waals surface area contributed by atoms with Gasteiger partial charge in [-0.05, 0) is 32.6 Å².